The number of aliphatic hydroxyl groups excluding tert-OH is 1. The Labute approximate surface area is 172 Å². The maximum absolute atomic E-state index is 12.4. The Morgan fingerprint density at radius 2 is 1.48 bits per heavy atom. The summed E-state index contributed by atoms with van der Waals surface area (Å²) >= 11 is 0. The molecule has 0 saturated carbocycles. The lowest BCUT2D eigenvalue weighted by atomic mass is 9.88. The van der Waals surface area contributed by atoms with Gasteiger partial charge < -0.3 is 20.5 Å². The van der Waals surface area contributed by atoms with Crippen molar-refractivity contribution >= 4 is 12.0 Å². The van der Waals surface area contributed by atoms with E-state index in [0.29, 0.717) is 13.0 Å². The quantitative estimate of drug-likeness (QED) is 0.637. The third-order valence-electron chi connectivity index (χ3n) is 4.33. The molecule has 156 valence electrons. The zero-order valence-electron chi connectivity index (χ0n) is 17.2. The molecule has 0 heterocycles. The van der Waals surface area contributed by atoms with E-state index in [0.717, 1.165) is 0 Å². The van der Waals surface area contributed by atoms with E-state index in [2.05, 4.69) is 34.9 Å². The summed E-state index contributed by atoms with van der Waals surface area (Å²) < 4.78 is 5.14. The van der Waals surface area contributed by atoms with E-state index >= 15 is 0 Å². The zero-order valence-corrected chi connectivity index (χ0v) is 17.2. The summed E-state index contributed by atoms with van der Waals surface area (Å²) in [4.78, 5) is 24.2. The highest BCUT2D eigenvalue weighted by Gasteiger charge is 2.24. The van der Waals surface area contributed by atoms with Crippen LogP contribution in [0.3, 0.4) is 0 Å². The zero-order chi connectivity index (χ0) is 21.3. The van der Waals surface area contributed by atoms with Crippen LogP contribution < -0.4 is 10.6 Å². The van der Waals surface area contributed by atoms with E-state index in [-0.39, 0.29) is 5.92 Å². The molecule has 6 nitrogen and oxygen atoms in total. The summed E-state index contributed by atoms with van der Waals surface area (Å²) in [6, 6.07) is 19.2. The van der Waals surface area contributed by atoms with Crippen molar-refractivity contribution in [2.45, 2.75) is 44.8 Å². The lowest BCUT2D eigenvalue weighted by molar-refractivity contribution is -0.124. The number of rotatable bonds is 8. The molecule has 0 fully saturated rings. The van der Waals surface area contributed by atoms with Gasteiger partial charge in [0.25, 0.3) is 0 Å². The maximum atomic E-state index is 12.4. The molecule has 0 aromatic heterocycles. The van der Waals surface area contributed by atoms with Gasteiger partial charge in [0.05, 0.1) is 6.61 Å². The predicted octanol–water partition coefficient (Wildman–Crippen LogP) is 3.21. The van der Waals surface area contributed by atoms with Gasteiger partial charge in [-0.25, -0.2) is 4.79 Å². The Morgan fingerprint density at radius 3 is 1.93 bits per heavy atom. The monoisotopic (exact) mass is 398 g/mol. The standard InChI is InChI=1S/C23H30N2O4/c1-23(2,3)29-22(28)25-20(16-26)21(27)24-15-14-19(17-10-6-4-7-11-17)18-12-8-5-9-13-18/h4-13,19-20,26H,14-16H2,1-3H3,(H,24,27)(H,25,28)/t20-/m0/s1. The van der Waals surface area contributed by atoms with Crippen LogP contribution >= 0.6 is 0 Å². The second kappa shape index (κ2) is 10.6. The smallest absolute Gasteiger partial charge is 0.408 e. The Balaban J connectivity index is 1.95. The number of alkyl carbamates (subject to hydrolysis) is 1. The number of aliphatic hydroxyl groups is 1. The highest BCUT2D eigenvalue weighted by Crippen LogP contribution is 2.27. The minimum Gasteiger partial charge on any atom is -0.444 e. The highest BCUT2D eigenvalue weighted by molar-refractivity contribution is 5.85. The molecule has 0 spiro atoms. The molecule has 29 heavy (non-hydrogen) atoms. The fourth-order valence-electron chi connectivity index (χ4n) is 3.00. The average Bonchev–Trinajstić information content (AvgIpc) is 2.69. The second-order valence-corrected chi connectivity index (χ2v) is 7.84. The molecule has 2 aromatic carbocycles. The van der Waals surface area contributed by atoms with Crippen LogP contribution in [-0.4, -0.2) is 41.9 Å². The van der Waals surface area contributed by atoms with Gasteiger partial charge >= 0.3 is 6.09 Å². The number of ether oxygens (including phenoxy) is 1. The number of hydrogen-bond acceptors (Lipinski definition) is 4. The van der Waals surface area contributed by atoms with Gasteiger partial charge in [-0.3, -0.25) is 4.79 Å². The van der Waals surface area contributed by atoms with Crippen molar-refractivity contribution in [1.29, 1.82) is 0 Å². The fourth-order valence-corrected chi connectivity index (χ4v) is 3.00. The molecule has 3 N–H and O–H groups in total. The van der Waals surface area contributed by atoms with Gasteiger partial charge in [0, 0.05) is 12.5 Å². The normalized spacial score (nSPS) is 12.3. The molecule has 2 amide bonds. The number of carbonyl (C=O) groups excluding carboxylic acids is 2. The van der Waals surface area contributed by atoms with Gasteiger partial charge in [-0.05, 0) is 38.3 Å². The molecular weight excluding hydrogens is 368 g/mol. The summed E-state index contributed by atoms with van der Waals surface area (Å²) in [5, 5.41) is 14.7. The summed E-state index contributed by atoms with van der Waals surface area (Å²) in [5.74, 6) is -0.317. The number of amides is 2. The van der Waals surface area contributed by atoms with E-state index in [9.17, 15) is 14.7 Å². The minimum absolute atomic E-state index is 0.129. The van der Waals surface area contributed by atoms with Crippen molar-refractivity contribution < 1.29 is 19.4 Å². The lowest BCUT2D eigenvalue weighted by Crippen LogP contribution is -2.50. The molecule has 1 atom stereocenters. The van der Waals surface area contributed by atoms with Crippen molar-refractivity contribution in [3.8, 4) is 0 Å². The highest BCUT2D eigenvalue weighted by atomic mass is 16.6. The molecule has 0 aliphatic heterocycles. The molecule has 2 aromatic rings. The van der Waals surface area contributed by atoms with Crippen LogP contribution in [0.1, 0.15) is 44.2 Å². The van der Waals surface area contributed by atoms with Gasteiger partial charge in [-0.15, -0.1) is 0 Å². The molecule has 0 radical (unpaired) electrons. The average molecular weight is 399 g/mol. The number of benzene rings is 2. The third-order valence-corrected chi connectivity index (χ3v) is 4.33. The fraction of sp³-hybridized carbons (Fsp3) is 0.391. The van der Waals surface area contributed by atoms with E-state index in [1.165, 1.54) is 11.1 Å². The first kappa shape index (κ1) is 22.4. The van der Waals surface area contributed by atoms with Crippen LogP contribution in [0.4, 0.5) is 4.79 Å². The van der Waals surface area contributed by atoms with E-state index in [4.69, 9.17) is 4.74 Å². The van der Waals surface area contributed by atoms with Crippen LogP contribution in [0.15, 0.2) is 60.7 Å². The van der Waals surface area contributed by atoms with Crippen LogP contribution in [0.2, 0.25) is 0 Å². The topological polar surface area (TPSA) is 87.7 Å². The number of hydrogen-bond donors (Lipinski definition) is 3. The minimum atomic E-state index is -1.06. The van der Waals surface area contributed by atoms with Crippen molar-refractivity contribution in [3.63, 3.8) is 0 Å². The molecular formula is C23H30N2O4. The van der Waals surface area contributed by atoms with Gasteiger partial charge in [0.2, 0.25) is 5.91 Å². The maximum Gasteiger partial charge on any atom is 0.408 e. The molecule has 0 aliphatic carbocycles. The molecule has 0 unspecified atom stereocenters. The van der Waals surface area contributed by atoms with Gasteiger partial charge in [0.1, 0.15) is 11.6 Å². The first-order valence-corrected chi connectivity index (χ1v) is 9.78. The van der Waals surface area contributed by atoms with Gasteiger partial charge in [0.15, 0.2) is 0 Å². The van der Waals surface area contributed by atoms with Crippen molar-refractivity contribution in [2.75, 3.05) is 13.2 Å². The Kier molecular flexibility index (Phi) is 8.21. The van der Waals surface area contributed by atoms with Crippen molar-refractivity contribution in [1.82, 2.24) is 10.6 Å². The van der Waals surface area contributed by atoms with Gasteiger partial charge in [-0.2, -0.15) is 0 Å². The van der Waals surface area contributed by atoms with Crippen LogP contribution in [0, 0.1) is 0 Å². The molecule has 6 heteroatoms. The van der Waals surface area contributed by atoms with Gasteiger partial charge in [-0.1, -0.05) is 60.7 Å². The largest absolute Gasteiger partial charge is 0.444 e. The Hall–Kier alpha value is -2.86. The lowest BCUT2D eigenvalue weighted by Gasteiger charge is -2.23. The Morgan fingerprint density at radius 1 is 0.966 bits per heavy atom. The van der Waals surface area contributed by atoms with E-state index in [1.807, 2.05) is 36.4 Å². The number of nitrogens with one attached hydrogen (secondary N) is 2. The molecule has 0 bridgehead atoms. The number of carbonyl (C=O) groups is 2. The van der Waals surface area contributed by atoms with Crippen molar-refractivity contribution in [3.05, 3.63) is 71.8 Å². The first-order chi connectivity index (χ1) is 13.8. The summed E-state index contributed by atoms with van der Waals surface area (Å²) in [7, 11) is 0. The van der Waals surface area contributed by atoms with Crippen molar-refractivity contribution in [2.24, 2.45) is 0 Å². The Bertz CT molecular complexity index is 733. The van der Waals surface area contributed by atoms with Crippen LogP contribution in [0.25, 0.3) is 0 Å². The molecule has 0 aliphatic rings. The first-order valence-electron chi connectivity index (χ1n) is 9.78. The van der Waals surface area contributed by atoms with E-state index in [1.54, 1.807) is 20.8 Å². The second-order valence-electron chi connectivity index (χ2n) is 7.84. The van der Waals surface area contributed by atoms with Crippen LogP contribution in [0.5, 0.6) is 0 Å². The summed E-state index contributed by atoms with van der Waals surface area (Å²) in [5.41, 5.74) is 1.65. The molecule has 2 rings (SSSR count). The summed E-state index contributed by atoms with van der Waals surface area (Å²) in [6.45, 7) is 5.08. The van der Waals surface area contributed by atoms with E-state index < -0.39 is 30.3 Å². The third kappa shape index (κ3) is 7.58. The summed E-state index contributed by atoms with van der Waals surface area (Å²) in [6.07, 6.45) is -0.0530. The SMILES string of the molecule is CC(C)(C)OC(=O)N[C@@H](CO)C(=O)NCCC(c1ccccc1)c1ccccc1. The molecule has 0 saturated heterocycles. The van der Waals surface area contributed by atoms with Crippen LogP contribution in [-0.2, 0) is 9.53 Å². The predicted molar refractivity (Wildman–Crippen MR) is 113 cm³/mol.